The molecule has 0 aliphatic carbocycles. The maximum absolute atomic E-state index is 12.3. The number of piperazine rings is 1. The van der Waals surface area contributed by atoms with Gasteiger partial charge in [-0.3, -0.25) is 9.80 Å². The number of ether oxygens (including phenoxy) is 2. The van der Waals surface area contributed by atoms with E-state index in [0.717, 1.165) is 17.8 Å². The third-order valence-electron chi connectivity index (χ3n) is 4.83. The number of carbonyl (C=O) groups is 2. The van der Waals surface area contributed by atoms with Gasteiger partial charge in [-0.15, -0.1) is 0 Å². The van der Waals surface area contributed by atoms with Gasteiger partial charge >= 0.3 is 12.2 Å². The quantitative estimate of drug-likeness (QED) is 0.798. The van der Waals surface area contributed by atoms with E-state index in [1.54, 1.807) is 9.80 Å². The zero-order valence-corrected chi connectivity index (χ0v) is 16.9. The average molecular weight is 387 g/mol. The van der Waals surface area contributed by atoms with Gasteiger partial charge in [-0.1, -0.05) is 36.9 Å². The second-order valence-electron chi connectivity index (χ2n) is 8.27. The fraction of sp³-hybridized carbons (Fsp3) is 0.524. The molecule has 2 heterocycles. The summed E-state index contributed by atoms with van der Waals surface area (Å²) in [6, 6.07) is 9.91. The lowest BCUT2D eigenvalue weighted by molar-refractivity contribution is -0.00141. The van der Waals surface area contributed by atoms with Crippen LogP contribution < -0.4 is 0 Å². The van der Waals surface area contributed by atoms with Crippen molar-refractivity contribution in [3.63, 3.8) is 0 Å². The first-order valence-corrected chi connectivity index (χ1v) is 9.61. The zero-order valence-electron chi connectivity index (χ0n) is 16.9. The van der Waals surface area contributed by atoms with Crippen LogP contribution in [0.4, 0.5) is 9.59 Å². The van der Waals surface area contributed by atoms with E-state index < -0.39 is 5.60 Å². The van der Waals surface area contributed by atoms with Crippen molar-refractivity contribution < 1.29 is 19.1 Å². The number of hydrogen-bond donors (Lipinski definition) is 0. The second kappa shape index (κ2) is 8.22. The van der Waals surface area contributed by atoms with Crippen LogP contribution in [0.3, 0.4) is 0 Å². The first-order valence-electron chi connectivity index (χ1n) is 9.61. The zero-order chi connectivity index (χ0) is 20.3. The van der Waals surface area contributed by atoms with E-state index in [1.807, 2.05) is 51.1 Å². The monoisotopic (exact) mass is 387 g/mol. The third-order valence-corrected chi connectivity index (χ3v) is 4.83. The summed E-state index contributed by atoms with van der Waals surface area (Å²) in [7, 11) is 0. The van der Waals surface area contributed by atoms with Crippen molar-refractivity contribution in [1.29, 1.82) is 0 Å². The molecule has 7 heteroatoms. The van der Waals surface area contributed by atoms with Gasteiger partial charge < -0.3 is 14.4 Å². The Labute approximate surface area is 166 Å². The summed E-state index contributed by atoms with van der Waals surface area (Å²) in [5.41, 5.74) is 1.18. The van der Waals surface area contributed by atoms with Crippen molar-refractivity contribution in [3.05, 3.63) is 48.2 Å². The standard InChI is InChI=1S/C21H29N3O4/c1-16-12-22(10-11-24(16)20(26)28-21(2,3)4)18-13-23(14-18)19(25)27-15-17-8-6-5-7-9-17/h5-9,18H,1,10-15H2,2-4H3. The van der Waals surface area contributed by atoms with Crippen molar-refractivity contribution >= 4 is 12.2 Å². The molecule has 0 saturated carbocycles. The molecule has 2 saturated heterocycles. The molecule has 1 aromatic rings. The van der Waals surface area contributed by atoms with E-state index in [1.165, 1.54) is 0 Å². The largest absolute Gasteiger partial charge is 0.445 e. The topological polar surface area (TPSA) is 62.3 Å². The first kappa shape index (κ1) is 20.2. The average Bonchev–Trinajstić information content (AvgIpc) is 2.58. The molecule has 0 aromatic heterocycles. The minimum absolute atomic E-state index is 0.266. The summed E-state index contributed by atoms with van der Waals surface area (Å²) in [6.07, 6.45) is -0.636. The van der Waals surface area contributed by atoms with Crippen LogP contribution in [0.15, 0.2) is 42.6 Å². The van der Waals surface area contributed by atoms with Crippen LogP contribution >= 0.6 is 0 Å². The van der Waals surface area contributed by atoms with Crippen LogP contribution in [0, 0.1) is 0 Å². The molecule has 0 radical (unpaired) electrons. The summed E-state index contributed by atoms with van der Waals surface area (Å²) in [6.45, 7) is 13.0. The molecule has 2 amide bonds. The highest BCUT2D eigenvalue weighted by Gasteiger charge is 2.38. The Hall–Kier alpha value is -2.54. The molecular formula is C21H29N3O4. The lowest BCUT2D eigenvalue weighted by Crippen LogP contribution is -2.64. The SMILES string of the molecule is C=C1CN(C2CN(C(=O)OCc3ccccc3)C2)CCN1C(=O)OC(C)(C)C. The van der Waals surface area contributed by atoms with Crippen molar-refractivity contribution in [1.82, 2.24) is 14.7 Å². The van der Waals surface area contributed by atoms with E-state index in [2.05, 4.69) is 11.5 Å². The summed E-state index contributed by atoms with van der Waals surface area (Å²) >= 11 is 0. The molecule has 0 spiro atoms. The molecule has 0 bridgehead atoms. The minimum Gasteiger partial charge on any atom is -0.445 e. The van der Waals surface area contributed by atoms with Gasteiger partial charge in [0, 0.05) is 44.5 Å². The van der Waals surface area contributed by atoms with Crippen LogP contribution in [0.2, 0.25) is 0 Å². The van der Waals surface area contributed by atoms with Crippen LogP contribution in [0.25, 0.3) is 0 Å². The molecular weight excluding hydrogens is 358 g/mol. The number of carbonyl (C=O) groups excluding carboxylic acids is 2. The Morgan fingerprint density at radius 2 is 1.79 bits per heavy atom. The molecule has 0 N–H and O–H groups in total. The Kier molecular flexibility index (Phi) is 5.93. The summed E-state index contributed by atoms with van der Waals surface area (Å²) in [4.78, 5) is 30.0. The minimum atomic E-state index is -0.525. The number of benzene rings is 1. The second-order valence-corrected chi connectivity index (χ2v) is 8.27. The lowest BCUT2D eigenvalue weighted by Gasteiger charge is -2.47. The Balaban J connectivity index is 1.41. The van der Waals surface area contributed by atoms with E-state index in [9.17, 15) is 9.59 Å². The van der Waals surface area contributed by atoms with Gasteiger partial charge in [-0.25, -0.2) is 9.59 Å². The van der Waals surface area contributed by atoms with Crippen LogP contribution in [0.1, 0.15) is 26.3 Å². The fourth-order valence-corrected chi connectivity index (χ4v) is 3.28. The number of nitrogens with zero attached hydrogens (tertiary/aromatic N) is 3. The third kappa shape index (κ3) is 5.04. The number of likely N-dealkylation sites (tertiary alicyclic amines) is 1. The van der Waals surface area contributed by atoms with Crippen LogP contribution in [-0.4, -0.2) is 71.3 Å². The van der Waals surface area contributed by atoms with E-state index in [4.69, 9.17) is 9.47 Å². The smallest absolute Gasteiger partial charge is 0.414 e. The number of amides is 2. The Morgan fingerprint density at radius 1 is 1.11 bits per heavy atom. The molecule has 0 unspecified atom stereocenters. The van der Waals surface area contributed by atoms with Gasteiger partial charge in [0.05, 0.1) is 0 Å². The Morgan fingerprint density at radius 3 is 2.39 bits per heavy atom. The summed E-state index contributed by atoms with van der Waals surface area (Å²) in [5.74, 6) is 0. The molecule has 2 fully saturated rings. The van der Waals surface area contributed by atoms with Gasteiger partial charge in [-0.2, -0.15) is 0 Å². The molecule has 3 rings (SSSR count). The highest BCUT2D eigenvalue weighted by molar-refractivity contribution is 5.71. The van der Waals surface area contributed by atoms with Crippen molar-refractivity contribution in [2.45, 2.75) is 39.0 Å². The van der Waals surface area contributed by atoms with Crippen molar-refractivity contribution in [2.24, 2.45) is 0 Å². The maximum atomic E-state index is 12.3. The molecule has 0 atom stereocenters. The van der Waals surface area contributed by atoms with E-state index in [-0.39, 0.29) is 24.8 Å². The molecule has 7 nitrogen and oxygen atoms in total. The molecule has 1 aromatic carbocycles. The number of hydrogen-bond acceptors (Lipinski definition) is 5. The predicted octanol–water partition coefficient (Wildman–Crippen LogP) is 3.07. The number of rotatable bonds is 3. The molecule has 28 heavy (non-hydrogen) atoms. The van der Waals surface area contributed by atoms with E-state index in [0.29, 0.717) is 26.2 Å². The lowest BCUT2D eigenvalue weighted by atomic mass is 10.1. The predicted molar refractivity (Wildman–Crippen MR) is 106 cm³/mol. The first-order chi connectivity index (χ1) is 13.2. The van der Waals surface area contributed by atoms with Gasteiger partial charge in [-0.05, 0) is 26.3 Å². The Bertz CT molecular complexity index is 723. The van der Waals surface area contributed by atoms with Crippen LogP contribution in [-0.2, 0) is 16.1 Å². The fourth-order valence-electron chi connectivity index (χ4n) is 3.28. The van der Waals surface area contributed by atoms with Gasteiger partial charge in [0.2, 0.25) is 0 Å². The van der Waals surface area contributed by atoms with Crippen molar-refractivity contribution in [3.8, 4) is 0 Å². The van der Waals surface area contributed by atoms with E-state index >= 15 is 0 Å². The highest BCUT2D eigenvalue weighted by atomic mass is 16.6. The molecule has 2 aliphatic heterocycles. The summed E-state index contributed by atoms with van der Waals surface area (Å²) < 4.78 is 10.8. The normalized spacial score (nSPS) is 18.6. The highest BCUT2D eigenvalue weighted by Crippen LogP contribution is 2.23. The molecule has 152 valence electrons. The van der Waals surface area contributed by atoms with Crippen molar-refractivity contribution in [2.75, 3.05) is 32.7 Å². The molecule has 2 aliphatic rings. The van der Waals surface area contributed by atoms with Gasteiger partial charge in [0.25, 0.3) is 0 Å². The van der Waals surface area contributed by atoms with Gasteiger partial charge in [0.15, 0.2) is 0 Å². The summed E-state index contributed by atoms with van der Waals surface area (Å²) in [5, 5.41) is 0. The maximum Gasteiger partial charge on any atom is 0.414 e. The van der Waals surface area contributed by atoms with Gasteiger partial charge in [0.1, 0.15) is 12.2 Å². The van der Waals surface area contributed by atoms with Crippen LogP contribution in [0.5, 0.6) is 0 Å².